The second-order valence-electron chi connectivity index (χ2n) is 7.24. The number of rotatable bonds is 1. The average Bonchev–Trinajstić information content (AvgIpc) is 2.80. The first-order valence-corrected chi connectivity index (χ1v) is 8.08. The molecule has 1 saturated heterocycles. The van der Waals surface area contributed by atoms with Crippen molar-refractivity contribution in [2.75, 3.05) is 6.61 Å². The largest absolute Gasteiger partial charge is 0.375 e. The van der Waals surface area contributed by atoms with Gasteiger partial charge in [-0.15, -0.1) is 0 Å². The average molecular weight is 251 g/mol. The van der Waals surface area contributed by atoms with Gasteiger partial charge < -0.3 is 10.5 Å². The van der Waals surface area contributed by atoms with Gasteiger partial charge in [0.05, 0.1) is 5.60 Å². The van der Waals surface area contributed by atoms with Gasteiger partial charge in [0, 0.05) is 12.6 Å². The van der Waals surface area contributed by atoms with E-state index in [1.807, 2.05) is 0 Å². The summed E-state index contributed by atoms with van der Waals surface area (Å²) in [6.45, 7) is 3.39. The molecular formula is C16H29NO. The minimum Gasteiger partial charge on any atom is -0.375 e. The summed E-state index contributed by atoms with van der Waals surface area (Å²) in [7, 11) is 0. The Hall–Kier alpha value is -0.0800. The molecule has 3 fully saturated rings. The van der Waals surface area contributed by atoms with E-state index in [2.05, 4.69) is 6.92 Å². The lowest BCUT2D eigenvalue weighted by Gasteiger charge is -2.45. The Balaban J connectivity index is 1.67. The first kappa shape index (κ1) is 12.9. The fourth-order valence-electron chi connectivity index (χ4n) is 4.79. The van der Waals surface area contributed by atoms with Crippen molar-refractivity contribution in [3.8, 4) is 0 Å². The van der Waals surface area contributed by atoms with Crippen molar-refractivity contribution in [2.45, 2.75) is 76.4 Å². The molecule has 1 spiro atoms. The lowest BCUT2D eigenvalue weighted by atomic mass is 9.68. The van der Waals surface area contributed by atoms with E-state index in [0.29, 0.717) is 6.04 Å². The topological polar surface area (TPSA) is 35.2 Å². The van der Waals surface area contributed by atoms with Gasteiger partial charge in [-0.3, -0.25) is 0 Å². The Kier molecular flexibility index (Phi) is 3.68. The van der Waals surface area contributed by atoms with E-state index in [9.17, 15) is 0 Å². The Morgan fingerprint density at radius 2 is 1.89 bits per heavy atom. The third kappa shape index (κ3) is 2.46. The number of hydrogen-bond acceptors (Lipinski definition) is 2. The van der Waals surface area contributed by atoms with Crippen LogP contribution >= 0.6 is 0 Å². The molecule has 3 aliphatic rings. The second kappa shape index (κ2) is 5.13. The Labute approximate surface area is 112 Å². The molecule has 0 amide bonds. The van der Waals surface area contributed by atoms with Crippen molar-refractivity contribution in [3.05, 3.63) is 0 Å². The van der Waals surface area contributed by atoms with E-state index in [1.54, 1.807) is 0 Å². The van der Waals surface area contributed by atoms with Crippen LogP contribution in [-0.4, -0.2) is 18.2 Å². The van der Waals surface area contributed by atoms with Gasteiger partial charge in [0.2, 0.25) is 0 Å². The number of nitrogens with two attached hydrogens (primary N) is 1. The number of hydrogen-bond donors (Lipinski definition) is 1. The Morgan fingerprint density at radius 3 is 2.67 bits per heavy atom. The van der Waals surface area contributed by atoms with Crippen LogP contribution in [0.5, 0.6) is 0 Å². The van der Waals surface area contributed by atoms with Crippen LogP contribution in [0.1, 0.15) is 64.7 Å². The van der Waals surface area contributed by atoms with Gasteiger partial charge in [-0.2, -0.15) is 0 Å². The van der Waals surface area contributed by atoms with E-state index in [4.69, 9.17) is 10.5 Å². The number of ether oxygens (including phenoxy) is 1. The van der Waals surface area contributed by atoms with Crippen LogP contribution in [0.2, 0.25) is 0 Å². The van der Waals surface area contributed by atoms with Gasteiger partial charge >= 0.3 is 0 Å². The molecule has 18 heavy (non-hydrogen) atoms. The third-order valence-corrected chi connectivity index (χ3v) is 5.87. The maximum Gasteiger partial charge on any atom is 0.0685 e. The SMILES string of the molecule is CC1CCC(N)C(C2CCOC3(CCCC3)C2)C1. The summed E-state index contributed by atoms with van der Waals surface area (Å²) < 4.78 is 6.17. The van der Waals surface area contributed by atoms with E-state index in [1.165, 1.54) is 57.8 Å². The van der Waals surface area contributed by atoms with Crippen molar-refractivity contribution in [1.29, 1.82) is 0 Å². The zero-order chi connectivity index (χ0) is 12.6. The van der Waals surface area contributed by atoms with Gasteiger partial charge in [0.25, 0.3) is 0 Å². The molecule has 0 bridgehead atoms. The molecule has 2 saturated carbocycles. The molecule has 4 unspecified atom stereocenters. The van der Waals surface area contributed by atoms with Crippen LogP contribution in [0, 0.1) is 17.8 Å². The summed E-state index contributed by atoms with van der Waals surface area (Å²) in [6, 6.07) is 0.461. The van der Waals surface area contributed by atoms with Crippen molar-refractivity contribution in [2.24, 2.45) is 23.5 Å². The molecule has 0 aromatic heterocycles. The highest BCUT2D eigenvalue weighted by Crippen LogP contribution is 2.46. The van der Waals surface area contributed by atoms with E-state index >= 15 is 0 Å². The van der Waals surface area contributed by atoms with Gasteiger partial charge in [-0.05, 0) is 62.7 Å². The van der Waals surface area contributed by atoms with Crippen molar-refractivity contribution < 1.29 is 4.74 Å². The molecule has 0 aromatic carbocycles. The quantitative estimate of drug-likeness (QED) is 0.774. The normalized spacial score (nSPS) is 44.3. The molecule has 2 N–H and O–H groups in total. The minimum absolute atomic E-state index is 0.267. The molecule has 2 nitrogen and oxygen atoms in total. The molecular weight excluding hydrogens is 222 g/mol. The maximum absolute atomic E-state index is 6.42. The molecule has 104 valence electrons. The fraction of sp³-hybridized carbons (Fsp3) is 1.00. The van der Waals surface area contributed by atoms with Crippen LogP contribution in [0.3, 0.4) is 0 Å². The molecule has 1 aliphatic heterocycles. The highest BCUT2D eigenvalue weighted by atomic mass is 16.5. The monoisotopic (exact) mass is 251 g/mol. The van der Waals surface area contributed by atoms with Crippen molar-refractivity contribution in [3.63, 3.8) is 0 Å². The molecule has 0 aromatic rings. The van der Waals surface area contributed by atoms with Crippen LogP contribution in [-0.2, 0) is 4.74 Å². The standard InChI is InChI=1S/C16H29NO/c1-12-4-5-15(17)14(10-12)13-6-9-18-16(11-13)7-2-3-8-16/h12-15H,2-11,17H2,1H3. The van der Waals surface area contributed by atoms with Gasteiger partial charge in [-0.25, -0.2) is 0 Å². The molecule has 2 aliphatic carbocycles. The zero-order valence-electron chi connectivity index (χ0n) is 11.9. The van der Waals surface area contributed by atoms with Crippen LogP contribution < -0.4 is 5.73 Å². The lowest BCUT2D eigenvalue weighted by molar-refractivity contribution is -0.106. The fourth-order valence-corrected chi connectivity index (χ4v) is 4.79. The lowest BCUT2D eigenvalue weighted by Crippen LogP contribution is -2.46. The first-order chi connectivity index (χ1) is 8.69. The highest BCUT2D eigenvalue weighted by Gasteiger charge is 2.43. The zero-order valence-corrected chi connectivity index (χ0v) is 11.9. The molecule has 0 radical (unpaired) electrons. The summed E-state index contributed by atoms with van der Waals surface area (Å²) in [5.74, 6) is 2.50. The van der Waals surface area contributed by atoms with E-state index in [-0.39, 0.29) is 5.60 Å². The predicted octanol–water partition coefficient (Wildman–Crippen LogP) is 3.49. The Morgan fingerprint density at radius 1 is 1.11 bits per heavy atom. The van der Waals surface area contributed by atoms with Crippen LogP contribution in [0.4, 0.5) is 0 Å². The molecule has 4 atom stereocenters. The highest BCUT2D eigenvalue weighted by molar-refractivity contribution is 4.95. The summed E-state index contributed by atoms with van der Waals surface area (Å²) in [6.07, 6.45) is 11.9. The van der Waals surface area contributed by atoms with Crippen molar-refractivity contribution in [1.82, 2.24) is 0 Å². The van der Waals surface area contributed by atoms with Crippen molar-refractivity contribution >= 4 is 0 Å². The minimum atomic E-state index is 0.267. The Bertz CT molecular complexity index is 285. The summed E-state index contributed by atoms with van der Waals surface area (Å²) in [5.41, 5.74) is 6.69. The summed E-state index contributed by atoms with van der Waals surface area (Å²) in [4.78, 5) is 0. The summed E-state index contributed by atoms with van der Waals surface area (Å²) >= 11 is 0. The molecule has 3 rings (SSSR count). The first-order valence-electron chi connectivity index (χ1n) is 8.08. The van der Waals surface area contributed by atoms with Gasteiger partial charge in [-0.1, -0.05) is 19.8 Å². The smallest absolute Gasteiger partial charge is 0.0685 e. The van der Waals surface area contributed by atoms with E-state index < -0.39 is 0 Å². The summed E-state index contributed by atoms with van der Waals surface area (Å²) in [5, 5.41) is 0. The third-order valence-electron chi connectivity index (χ3n) is 5.87. The molecule has 1 heterocycles. The van der Waals surface area contributed by atoms with Gasteiger partial charge in [0.1, 0.15) is 0 Å². The second-order valence-corrected chi connectivity index (χ2v) is 7.24. The predicted molar refractivity (Wildman–Crippen MR) is 74.4 cm³/mol. The van der Waals surface area contributed by atoms with Crippen LogP contribution in [0.15, 0.2) is 0 Å². The van der Waals surface area contributed by atoms with Crippen LogP contribution in [0.25, 0.3) is 0 Å². The molecule has 2 heteroatoms. The van der Waals surface area contributed by atoms with Gasteiger partial charge in [0.15, 0.2) is 0 Å². The maximum atomic E-state index is 6.42. The van der Waals surface area contributed by atoms with E-state index in [0.717, 1.165) is 24.4 Å².